The number of nitrogens with one attached hydrogen (secondary N) is 1. The molecular formula is C20H23N3O4S2. The van der Waals surface area contributed by atoms with Gasteiger partial charge >= 0.3 is 5.97 Å². The third-order valence-electron chi connectivity index (χ3n) is 4.66. The SMILES string of the molecule is CCOC(=O)c1c(NC(=O)Cn2c(C)nc3sc(CC)cc3c2=O)sc(C)c1C. The van der Waals surface area contributed by atoms with Crippen molar-refractivity contribution in [1.29, 1.82) is 0 Å². The minimum absolute atomic E-state index is 0.177. The van der Waals surface area contributed by atoms with Crippen LogP contribution in [0.5, 0.6) is 0 Å². The van der Waals surface area contributed by atoms with E-state index in [9.17, 15) is 14.4 Å². The maximum absolute atomic E-state index is 12.9. The number of esters is 1. The van der Waals surface area contributed by atoms with Crippen molar-refractivity contribution in [3.05, 3.63) is 43.1 Å². The number of nitrogens with zero attached hydrogens (tertiary/aromatic N) is 2. The minimum Gasteiger partial charge on any atom is -0.462 e. The first kappa shape index (κ1) is 21.2. The lowest BCUT2D eigenvalue weighted by molar-refractivity contribution is -0.116. The summed E-state index contributed by atoms with van der Waals surface area (Å²) in [6.07, 6.45) is 0.827. The monoisotopic (exact) mass is 433 g/mol. The number of carbonyl (C=O) groups excluding carboxylic acids is 2. The summed E-state index contributed by atoms with van der Waals surface area (Å²) in [6.45, 7) is 9.25. The Morgan fingerprint density at radius 3 is 2.59 bits per heavy atom. The Kier molecular flexibility index (Phi) is 6.18. The summed E-state index contributed by atoms with van der Waals surface area (Å²) < 4.78 is 6.48. The largest absolute Gasteiger partial charge is 0.462 e. The van der Waals surface area contributed by atoms with E-state index < -0.39 is 11.9 Å². The number of anilines is 1. The molecule has 7 nitrogen and oxygen atoms in total. The van der Waals surface area contributed by atoms with E-state index in [1.165, 1.54) is 27.2 Å². The molecule has 0 fully saturated rings. The second kappa shape index (κ2) is 8.46. The lowest BCUT2D eigenvalue weighted by Crippen LogP contribution is -2.30. The lowest BCUT2D eigenvalue weighted by atomic mass is 10.1. The molecule has 0 aliphatic rings. The first-order chi connectivity index (χ1) is 13.8. The van der Waals surface area contributed by atoms with Gasteiger partial charge in [0.1, 0.15) is 22.2 Å². The Morgan fingerprint density at radius 1 is 1.21 bits per heavy atom. The Balaban J connectivity index is 1.90. The topological polar surface area (TPSA) is 90.3 Å². The van der Waals surface area contributed by atoms with Gasteiger partial charge < -0.3 is 10.1 Å². The van der Waals surface area contributed by atoms with E-state index in [0.29, 0.717) is 26.6 Å². The molecule has 3 aromatic rings. The Bertz CT molecular complexity index is 1160. The highest BCUT2D eigenvalue weighted by Crippen LogP contribution is 2.33. The van der Waals surface area contributed by atoms with E-state index in [-0.39, 0.29) is 18.7 Å². The predicted octanol–water partition coefficient (Wildman–Crippen LogP) is 3.82. The summed E-state index contributed by atoms with van der Waals surface area (Å²) in [6, 6.07) is 1.84. The number of amides is 1. The highest BCUT2D eigenvalue weighted by atomic mass is 32.1. The fourth-order valence-corrected chi connectivity index (χ4v) is 5.07. The molecule has 3 aromatic heterocycles. The van der Waals surface area contributed by atoms with Crippen molar-refractivity contribution in [2.75, 3.05) is 11.9 Å². The molecule has 0 bridgehead atoms. The average Bonchev–Trinajstić information content (AvgIpc) is 3.19. The van der Waals surface area contributed by atoms with Gasteiger partial charge in [-0.05, 0) is 45.7 Å². The first-order valence-electron chi connectivity index (χ1n) is 9.33. The van der Waals surface area contributed by atoms with Crippen molar-refractivity contribution in [2.45, 2.75) is 47.6 Å². The number of aromatic nitrogens is 2. The number of thiophene rings is 2. The maximum Gasteiger partial charge on any atom is 0.341 e. The third-order valence-corrected chi connectivity index (χ3v) is 6.96. The molecule has 0 aromatic carbocycles. The molecule has 3 rings (SSSR count). The van der Waals surface area contributed by atoms with Crippen LogP contribution in [0.25, 0.3) is 10.2 Å². The summed E-state index contributed by atoms with van der Waals surface area (Å²) in [4.78, 5) is 45.0. The Hall–Kier alpha value is -2.52. The van der Waals surface area contributed by atoms with E-state index in [2.05, 4.69) is 10.3 Å². The van der Waals surface area contributed by atoms with Crippen LogP contribution in [0, 0.1) is 20.8 Å². The third kappa shape index (κ3) is 4.11. The molecule has 0 atom stereocenters. The van der Waals surface area contributed by atoms with E-state index in [4.69, 9.17) is 4.74 Å². The molecule has 154 valence electrons. The maximum atomic E-state index is 12.9. The van der Waals surface area contributed by atoms with Crippen molar-refractivity contribution in [3.63, 3.8) is 0 Å². The van der Waals surface area contributed by atoms with Crippen LogP contribution >= 0.6 is 22.7 Å². The fraction of sp³-hybridized carbons (Fsp3) is 0.400. The van der Waals surface area contributed by atoms with E-state index >= 15 is 0 Å². The van der Waals surface area contributed by atoms with Gasteiger partial charge in [0.15, 0.2) is 0 Å². The molecule has 0 aliphatic heterocycles. The molecule has 1 N–H and O–H groups in total. The summed E-state index contributed by atoms with van der Waals surface area (Å²) in [5.74, 6) is -0.383. The van der Waals surface area contributed by atoms with Crippen LogP contribution in [0.2, 0.25) is 0 Å². The summed E-state index contributed by atoms with van der Waals surface area (Å²) in [5, 5.41) is 3.74. The van der Waals surface area contributed by atoms with Gasteiger partial charge in [-0.3, -0.25) is 14.2 Å². The van der Waals surface area contributed by atoms with Crippen molar-refractivity contribution >= 4 is 49.8 Å². The number of carbonyl (C=O) groups is 2. The molecule has 9 heteroatoms. The van der Waals surface area contributed by atoms with Gasteiger partial charge in [0.05, 0.1) is 17.6 Å². The van der Waals surface area contributed by atoms with Crippen molar-refractivity contribution < 1.29 is 14.3 Å². The van der Waals surface area contributed by atoms with Gasteiger partial charge in [0.25, 0.3) is 5.56 Å². The van der Waals surface area contributed by atoms with Crippen LogP contribution in [-0.2, 0) is 22.5 Å². The zero-order valence-corrected chi connectivity index (χ0v) is 18.7. The van der Waals surface area contributed by atoms with Crippen molar-refractivity contribution in [3.8, 4) is 0 Å². The quantitative estimate of drug-likeness (QED) is 0.597. The molecular weight excluding hydrogens is 410 g/mol. The molecule has 0 aliphatic carbocycles. The smallest absolute Gasteiger partial charge is 0.341 e. The molecule has 3 heterocycles. The molecule has 0 radical (unpaired) electrons. The van der Waals surface area contributed by atoms with E-state index in [0.717, 1.165) is 21.7 Å². The van der Waals surface area contributed by atoms with Crippen LogP contribution in [0.15, 0.2) is 10.9 Å². The Labute approximate surface area is 176 Å². The van der Waals surface area contributed by atoms with E-state index in [1.807, 2.05) is 26.8 Å². The second-order valence-electron chi connectivity index (χ2n) is 6.59. The molecule has 0 spiro atoms. The van der Waals surface area contributed by atoms with Crippen LogP contribution < -0.4 is 10.9 Å². The fourth-order valence-electron chi connectivity index (χ4n) is 3.00. The number of fused-ring (bicyclic) bond motifs is 1. The van der Waals surface area contributed by atoms with Gasteiger partial charge in [-0.2, -0.15) is 0 Å². The molecule has 0 saturated carbocycles. The van der Waals surface area contributed by atoms with Crippen molar-refractivity contribution in [1.82, 2.24) is 9.55 Å². The zero-order chi connectivity index (χ0) is 21.3. The van der Waals surface area contributed by atoms with Gasteiger partial charge in [-0.25, -0.2) is 9.78 Å². The van der Waals surface area contributed by atoms with Crippen LogP contribution in [-0.4, -0.2) is 28.0 Å². The predicted molar refractivity (Wildman–Crippen MR) is 116 cm³/mol. The second-order valence-corrected chi connectivity index (χ2v) is 8.93. The highest BCUT2D eigenvalue weighted by Gasteiger charge is 2.22. The van der Waals surface area contributed by atoms with Gasteiger partial charge in [0.2, 0.25) is 5.91 Å². The van der Waals surface area contributed by atoms with Crippen LogP contribution in [0.4, 0.5) is 5.00 Å². The molecule has 29 heavy (non-hydrogen) atoms. The number of rotatable bonds is 6. The number of aryl methyl sites for hydroxylation is 3. The molecule has 0 unspecified atom stereocenters. The number of hydrogen-bond acceptors (Lipinski definition) is 7. The number of ether oxygens (including phenoxy) is 1. The summed E-state index contributed by atoms with van der Waals surface area (Å²) in [5.41, 5.74) is 0.916. The van der Waals surface area contributed by atoms with Gasteiger partial charge in [-0.15, -0.1) is 22.7 Å². The summed E-state index contributed by atoms with van der Waals surface area (Å²) >= 11 is 2.81. The van der Waals surface area contributed by atoms with Gasteiger partial charge in [-0.1, -0.05) is 6.92 Å². The number of hydrogen-bond donors (Lipinski definition) is 1. The zero-order valence-electron chi connectivity index (χ0n) is 17.0. The highest BCUT2D eigenvalue weighted by molar-refractivity contribution is 7.18. The standard InChI is InChI=1S/C20H23N3O4S2/c1-6-13-8-14-17(29-13)21-12(5)23(19(14)25)9-15(24)22-18-16(20(26)27-7-2)10(3)11(4)28-18/h8H,6-7,9H2,1-5H3,(H,22,24). The minimum atomic E-state index is -0.466. The van der Waals surface area contributed by atoms with Gasteiger partial charge in [0, 0.05) is 9.75 Å². The van der Waals surface area contributed by atoms with E-state index in [1.54, 1.807) is 13.8 Å². The van der Waals surface area contributed by atoms with Crippen molar-refractivity contribution in [2.24, 2.45) is 0 Å². The Morgan fingerprint density at radius 2 is 1.93 bits per heavy atom. The molecule has 0 saturated heterocycles. The molecule has 1 amide bonds. The normalized spacial score (nSPS) is 11.1. The van der Waals surface area contributed by atoms with Crippen LogP contribution in [0.3, 0.4) is 0 Å². The summed E-state index contributed by atoms with van der Waals surface area (Å²) in [7, 11) is 0. The van der Waals surface area contributed by atoms with Crippen LogP contribution in [0.1, 0.15) is 45.3 Å². The first-order valence-corrected chi connectivity index (χ1v) is 11.0. The lowest BCUT2D eigenvalue weighted by Gasteiger charge is -2.10. The average molecular weight is 434 g/mol.